The van der Waals surface area contributed by atoms with Gasteiger partial charge in [0.1, 0.15) is 17.8 Å². The van der Waals surface area contributed by atoms with Crippen LogP contribution in [0.1, 0.15) is 54.7 Å². The molecule has 0 spiro atoms. The van der Waals surface area contributed by atoms with E-state index in [2.05, 4.69) is 0 Å². The predicted octanol–water partition coefficient (Wildman–Crippen LogP) is 0.797. The van der Waals surface area contributed by atoms with Crippen molar-refractivity contribution >= 4 is 19.8 Å². The number of aliphatic hydroxyl groups is 2. The summed E-state index contributed by atoms with van der Waals surface area (Å²) in [4.78, 5) is 49.5. The average molecular weight is 566 g/mol. The van der Waals surface area contributed by atoms with E-state index in [4.69, 9.17) is 27.8 Å². The van der Waals surface area contributed by atoms with E-state index in [9.17, 15) is 34.0 Å². The van der Waals surface area contributed by atoms with Crippen molar-refractivity contribution in [2.45, 2.75) is 72.5 Å². The van der Waals surface area contributed by atoms with Gasteiger partial charge in [-0.25, -0.2) is 18.4 Å². The third kappa shape index (κ3) is 8.06. The molecule has 1 aromatic heterocycles. The third-order valence-electron chi connectivity index (χ3n) is 5.28. The van der Waals surface area contributed by atoms with Crippen molar-refractivity contribution in [2.75, 3.05) is 20.2 Å². The van der Waals surface area contributed by atoms with Gasteiger partial charge in [0, 0.05) is 12.3 Å². The highest BCUT2D eigenvalue weighted by molar-refractivity contribution is 7.48. The molecule has 1 aliphatic rings. The minimum Gasteiger partial charge on any atom is -0.437 e. The monoisotopic (exact) mass is 566 g/mol. The van der Waals surface area contributed by atoms with Gasteiger partial charge in [-0.1, -0.05) is 0 Å². The molecule has 0 aromatic carbocycles. The van der Waals surface area contributed by atoms with E-state index < -0.39 is 86.1 Å². The van der Waals surface area contributed by atoms with Crippen LogP contribution in [-0.4, -0.2) is 69.7 Å². The number of rotatable bonds is 10. The molecule has 4 atom stereocenters. The van der Waals surface area contributed by atoms with E-state index in [1.54, 1.807) is 41.5 Å². The van der Waals surface area contributed by atoms with Gasteiger partial charge in [-0.3, -0.25) is 28.5 Å². The van der Waals surface area contributed by atoms with Gasteiger partial charge in [0.05, 0.1) is 17.4 Å². The number of phosphoric ester groups is 1. The summed E-state index contributed by atoms with van der Waals surface area (Å²) in [5.74, 6) is -1.36. The van der Waals surface area contributed by atoms with Crippen LogP contribution in [-0.2, 0) is 41.9 Å². The highest BCUT2D eigenvalue weighted by Gasteiger charge is 2.54. The maximum absolute atomic E-state index is 13.2. The molecule has 0 saturated carbocycles. The second-order valence-corrected chi connectivity index (χ2v) is 12.5. The lowest BCUT2D eigenvalue weighted by Gasteiger charge is -2.27. The lowest BCUT2D eigenvalue weighted by molar-refractivity contribution is -0.163. The molecule has 1 saturated heterocycles. The Morgan fingerprint density at radius 3 is 2.00 bits per heavy atom. The van der Waals surface area contributed by atoms with Crippen LogP contribution >= 0.6 is 7.82 Å². The second-order valence-electron chi connectivity index (χ2n) is 10.8. The zero-order chi connectivity index (χ0) is 29.1. The van der Waals surface area contributed by atoms with Gasteiger partial charge < -0.3 is 24.4 Å². The Bertz CT molecular complexity index is 1130. The zero-order valence-electron chi connectivity index (χ0n) is 22.3. The predicted molar refractivity (Wildman–Crippen MR) is 128 cm³/mol. The SMILES string of the molecule is CC(C)(C)C(=O)OCOP(=O)(OCOC(=O)C(C)(C)C)OC[C@H]1O[C@@H](n2ccc(=O)[nH]c2=O)[C@@](C)(O)[C@H]1O. The maximum Gasteiger partial charge on any atom is 0.480 e. The smallest absolute Gasteiger partial charge is 0.437 e. The van der Waals surface area contributed by atoms with Crippen molar-refractivity contribution in [1.29, 1.82) is 0 Å². The van der Waals surface area contributed by atoms with Crippen LogP contribution in [0.15, 0.2) is 21.9 Å². The van der Waals surface area contributed by atoms with Gasteiger partial charge in [0.25, 0.3) is 5.56 Å². The Morgan fingerprint density at radius 2 is 1.55 bits per heavy atom. The number of esters is 2. The molecule has 216 valence electrons. The van der Waals surface area contributed by atoms with Gasteiger partial charge >= 0.3 is 25.5 Å². The fourth-order valence-corrected chi connectivity index (χ4v) is 3.90. The van der Waals surface area contributed by atoms with E-state index in [1.165, 1.54) is 6.92 Å². The first-order valence-electron chi connectivity index (χ1n) is 11.5. The van der Waals surface area contributed by atoms with Crippen molar-refractivity contribution in [2.24, 2.45) is 10.8 Å². The second kappa shape index (κ2) is 11.8. The molecule has 0 bridgehead atoms. The van der Waals surface area contributed by atoms with E-state index in [0.717, 1.165) is 16.8 Å². The Hall–Kier alpha value is -2.39. The molecule has 3 N–H and O–H groups in total. The maximum atomic E-state index is 13.2. The van der Waals surface area contributed by atoms with Crippen molar-refractivity contribution in [1.82, 2.24) is 9.55 Å². The molecule has 0 radical (unpaired) electrons. The molecule has 38 heavy (non-hydrogen) atoms. The minimum absolute atomic E-state index is 0.678. The van der Waals surface area contributed by atoms with Crippen LogP contribution < -0.4 is 11.2 Å². The number of aromatic amines is 1. The van der Waals surface area contributed by atoms with Gasteiger partial charge in [-0.15, -0.1) is 0 Å². The number of ether oxygens (including phenoxy) is 3. The Kier molecular flexibility index (Phi) is 9.87. The van der Waals surface area contributed by atoms with E-state index in [-0.39, 0.29) is 0 Å². The van der Waals surface area contributed by atoms with Crippen LogP contribution in [0.2, 0.25) is 0 Å². The number of nitrogens with zero attached hydrogens (tertiary/aromatic N) is 1. The standard InChI is InChI=1S/C22H35N2O13P/c1-20(2,3)17(27)32-11-35-38(31,36-12-33-18(28)21(4,5)6)34-10-13-15(26)22(7,30)16(37-13)24-9-8-14(25)23-19(24)29/h8-9,13,15-16,26,30H,10-12H2,1-7H3,(H,23,25,29)/t13-,15+,16-,22+/m1/s1. The molecule has 16 heteroatoms. The zero-order valence-corrected chi connectivity index (χ0v) is 23.2. The van der Waals surface area contributed by atoms with E-state index >= 15 is 0 Å². The molecule has 1 aliphatic heterocycles. The van der Waals surface area contributed by atoms with Gasteiger partial charge in [-0.2, -0.15) is 0 Å². The van der Waals surface area contributed by atoms with E-state index in [1.807, 2.05) is 4.98 Å². The molecule has 2 rings (SSSR count). The number of aromatic nitrogens is 2. The van der Waals surface area contributed by atoms with E-state index in [0.29, 0.717) is 0 Å². The van der Waals surface area contributed by atoms with Crippen molar-refractivity contribution in [3.05, 3.63) is 33.1 Å². The minimum atomic E-state index is -4.61. The number of hydrogen-bond acceptors (Lipinski definition) is 13. The number of hydrogen-bond donors (Lipinski definition) is 3. The lowest BCUT2D eigenvalue weighted by Crippen LogP contribution is -2.46. The summed E-state index contributed by atoms with van der Waals surface area (Å²) in [7, 11) is -4.61. The topological polar surface area (TPSA) is 202 Å². The Labute approximate surface area is 218 Å². The first-order chi connectivity index (χ1) is 17.3. The number of phosphoric acid groups is 1. The number of carbonyl (C=O) groups is 2. The molecule has 0 aliphatic carbocycles. The molecule has 15 nitrogen and oxygen atoms in total. The molecular formula is C22H35N2O13P. The lowest BCUT2D eigenvalue weighted by atomic mass is 9.96. The number of aliphatic hydroxyl groups excluding tert-OH is 1. The van der Waals surface area contributed by atoms with Gasteiger partial charge in [0.2, 0.25) is 13.6 Å². The van der Waals surface area contributed by atoms with Crippen LogP contribution in [0.4, 0.5) is 0 Å². The summed E-state index contributed by atoms with van der Waals surface area (Å²) >= 11 is 0. The van der Waals surface area contributed by atoms with Gasteiger partial charge in [-0.05, 0) is 48.5 Å². The van der Waals surface area contributed by atoms with Crippen molar-refractivity contribution in [3.8, 4) is 0 Å². The normalized spacial score (nSPS) is 24.3. The summed E-state index contributed by atoms with van der Waals surface area (Å²) in [6, 6.07) is 1.02. The van der Waals surface area contributed by atoms with Gasteiger partial charge in [0.15, 0.2) is 6.23 Å². The Morgan fingerprint density at radius 1 is 1.05 bits per heavy atom. The fourth-order valence-electron chi connectivity index (χ4n) is 2.99. The first kappa shape index (κ1) is 31.8. The third-order valence-corrected chi connectivity index (χ3v) is 6.59. The summed E-state index contributed by atoms with van der Waals surface area (Å²) < 4.78 is 44.8. The molecule has 0 amide bonds. The number of H-pyrrole nitrogens is 1. The molecule has 1 fully saturated rings. The van der Waals surface area contributed by atoms with Crippen LogP contribution in [0.3, 0.4) is 0 Å². The van der Waals surface area contributed by atoms with Crippen LogP contribution in [0.5, 0.6) is 0 Å². The summed E-state index contributed by atoms with van der Waals surface area (Å²) in [5, 5.41) is 21.4. The highest BCUT2D eigenvalue weighted by atomic mass is 31.2. The summed E-state index contributed by atoms with van der Waals surface area (Å²) in [6.07, 6.45) is -3.43. The molecule has 2 heterocycles. The number of carbonyl (C=O) groups excluding carboxylic acids is 2. The summed E-state index contributed by atoms with van der Waals surface area (Å²) in [6.45, 7) is 8.31. The largest absolute Gasteiger partial charge is 0.480 e. The highest BCUT2D eigenvalue weighted by Crippen LogP contribution is 2.50. The fraction of sp³-hybridized carbons (Fsp3) is 0.727. The molecule has 1 aromatic rings. The number of nitrogens with one attached hydrogen (secondary N) is 1. The molecule has 0 unspecified atom stereocenters. The van der Waals surface area contributed by atoms with Crippen LogP contribution in [0, 0.1) is 10.8 Å². The van der Waals surface area contributed by atoms with Crippen LogP contribution in [0.25, 0.3) is 0 Å². The molecular weight excluding hydrogens is 531 g/mol. The van der Waals surface area contributed by atoms with Crippen molar-refractivity contribution < 1.29 is 52.1 Å². The average Bonchev–Trinajstić information content (AvgIpc) is 3.00. The summed E-state index contributed by atoms with van der Waals surface area (Å²) in [5.41, 5.74) is -5.42. The first-order valence-corrected chi connectivity index (χ1v) is 13.0. The quantitative estimate of drug-likeness (QED) is 0.204. The Balaban J connectivity index is 2.14. The van der Waals surface area contributed by atoms with Crippen molar-refractivity contribution in [3.63, 3.8) is 0 Å².